The third kappa shape index (κ3) is 3.63. The van der Waals surface area contributed by atoms with Gasteiger partial charge in [0.1, 0.15) is 10.0 Å². The summed E-state index contributed by atoms with van der Waals surface area (Å²) in [7, 11) is -3.39. The molecule has 124 valence electrons. The van der Waals surface area contributed by atoms with Crippen molar-refractivity contribution in [3.8, 4) is 0 Å². The van der Waals surface area contributed by atoms with E-state index in [-0.39, 0.29) is 5.82 Å². The second-order valence-corrected chi connectivity index (χ2v) is 9.09. The summed E-state index contributed by atoms with van der Waals surface area (Å²) in [5, 5.41) is 0. The van der Waals surface area contributed by atoms with Gasteiger partial charge in [-0.15, -0.1) is 11.3 Å². The maximum Gasteiger partial charge on any atom is 0.252 e. The first kappa shape index (κ1) is 16.6. The summed E-state index contributed by atoms with van der Waals surface area (Å²) in [6.45, 7) is 4.51. The fourth-order valence-corrected chi connectivity index (χ4v) is 5.53. The van der Waals surface area contributed by atoms with Gasteiger partial charge in [-0.05, 0) is 25.1 Å². The van der Waals surface area contributed by atoms with Crippen molar-refractivity contribution in [2.75, 3.05) is 26.2 Å². The summed E-state index contributed by atoms with van der Waals surface area (Å²) >= 11 is 1.30. The van der Waals surface area contributed by atoms with Crippen LogP contribution < -0.4 is 0 Å². The average Bonchev–Trinajstić information content (AvgIpc) is 2.98. The van der Waals surface area contributed by atoms with Crippen LogP contribution in [-0.2, 0) is 16.6 Å². The molecule has 0 unspecified atom stereocenters. The molecule has 0 aliphatic carbocycles. The lowest BCUT2D eigenvalue weighted by Gasteiger charge is -2.33. The van der Waals surface area contributed by atoms with Crippen molar-refractivity contribution in [3.05, 3.63) is 52.7 Å². The van der Waals surface area contributed by atoms with E-state index in [0.717, 1.165) is 4.88 Å². The van der Waals surface area contributed by atoms with E-state index in [9.17, 15) is 12.8 Å². The Morgan fingerprint density at radius 1 is 1.09 bits per heavy atom. The van der Waals surface area contributed by atoms with Crippen molar-refractivity contribution >= 4 is 21.4 Å². The summed E-state index contributed by atoms with van der Waals surface area (Å²) in [4.78, 5) is 3.08. The van der Waals surface area contributed by atoms with Crippen molar-refractivity contribution in [2.45, 2.75) is 17.7 Å². The summed E-state index contributed by atoms with van der Waals surface area (Å²) in [6.07, 6.45) is 0. The third-order valence-corrected chi connectivity index (χ3v) is 7.36. The number of benzene rings is 1. The van der Waals surface area contributed by atoms with Crippen LogP contribution in [0.2, 0.25) is 0 Å². The number of aryl methyl sites for hydroxylation is 1. The third-order valence-electron chi connectivity index (χ3n) is 3.99. The molecule has 1 aromatic heterocycles. The van der Waals surface area contributed by atoms with Crippen LogP contribution in [0, 0.1) is 12.7 Å². The zero-order valence-corrected chi connectivity index (χ0v) is 14.5. The minimum atomic E-state index is -3.39. The minimum Gasteiger partial charge on any atom is -0.296 e. The normalized spacial score (nSPS) is 17.5. The van der Waals surface area contributed by atoms with Crippen LogP contribution in [0.5, 0.6) is 0 Å². The number of piperazine rings is 1. The summed E-state index contributed by atoms with van der Waals surface area (Å²) in [5.74, 6) is -0.211. The van der Waals surface area contributed by atoms with Crippen LogP contribution in [0.4, 0.5) is 4.39 Å². The van der Waals surface area contributed by atoms with Crippen LogP contribution in [-0.4, -0.2) is 43.8 Å². The lowest BCUT2D eigenvalue weighted by Crippen LogP contribution is -2.48. The molecule has 0 bridgehead atoms. The smallest absolute Gasteiger partial charge is 0.252 e. The zero-order valence-electron chi connectivity index (χ0n) is 12.9. The highest BCUT2D eigenvalue weighted by Gasteiger charge is 2.29. The van der Waals surface area contributed by atoms with E-state index >= 15 is 0 Å². The maximum absolute atomic E-state index is 13.7. The number of halogens is 1. The van der Waals surface area contributed by atoms with Gasteiger partial charge in [-0.1, -0.05) is 18.2 Å². The second-order valence-electron chi connectivity index (χ2n) is 5.64. The van der Waals surface area contributed by atoms with Crippen molar-refractivity contribution in [1.29, 1.82) is 0 Å². The van der Waals surface area contributed by atoms with E-state index in [4.69, 9.17) is 0 Å². The maximum atomic E-state index is 13.7. The monoisotopic (exact) mass is 354 g/mol. The topological polar surface area (TPSA) is 40.6 Å². The molecule has 7 heteroatoms. The summed E-state index contributed by atoms with van der Waals surface area (Å²) in [6, 6.07) is 10.2. The number of nitrogens with zero attached hydrogens (tertiary/aromatic N) is 2. The van der Waals surface area contributed by atoms with Crippen LogP contribution >= 0.6 is 11.3 Å². The molecule has 1 aromatic carbocycles. The molecule has 0 N–H and O–H groups in total. The Morgan fingerprint density at radius 3 is 2.39 bits per heavy atom. The Kier molecular flexibility index (Phi) is 4.82. The Hall–Kier alpha value is -1.28. The first-order valence-electron chi connectivity index (χ1n) is 7.49. The van der Waals surface area contributed by atoms with Gasteiger partial charge < -0.3 is 0 Å². The van der Waals surface area contributed by atoms with Gasteiger partial charge in [-0.25, -0.2) is 12.8 Å². The number of rotatable bonds is 4. The number of thiophene rings is 1. The molecule has 4 nitrogen and oxygen atoms in total. The van der Waals surface area contributed by atoms with Crippen molar-refractivity contribution in [3.63, 3.8) is 0 Å². The molecule has 0 amide bonds. The van der Waals surface area contributed by atoms with E-state index in [1.165, 1.54) is 21.7 Å². The van der Waals surface area contributed by atoms with Gasteiger partial charge >= 0.3 is 0 Å². The van der Waals surface area contributed by atoms with E-state index < -0.39 is 10.0 Å². The Balaban J connectivity index is 1.63. The molecular formula is C16H19FN2O2S2. The van der Waals surface area contributed by atoms with Crippen molar-refractivity contribution in [2.24, 2.45) is 0 Å². The molecule has 1 aliphatic rings. The lowest BCUT2D eigenvalue weighted by molar-refractivity contribution is 0.180. The molecule has 1 saturated heterocycles. The molecule has 0 saturated carbocycles. The lowest BCUT2D eigenvalue weighted by atomic mass is 10.2. The molecule has 2 aromatic rings. The van der Waals surface area contributed by atoms with Crippen LogP contribution in [0.15, 0.2) is 40.6 Å². The minimum absolute atomic E-state index is 0.211. The fraction of sp³-hybridized carbons (Fsp3) is 0.375. The molecule has 0 atom stereocenters. The fourth-order valence-electron chi connectivity index (χ4n) is 2.67. The van der Waals surface area contributed by atoms with Gasteiger partial charge in [0.25, 0.3) is 10.0 Å². The van der Waals surface area contributed by atoms with E-state index in [0.29, 0.717) is 42.5 Å². The van der Waals surface area contributed by atoms with Crippen LogP contribution in [0.3, 0.4) is 0 Å². The van der Waals surface area contributed by atoms with Gasteiger partial charge in [-0.3, -0.25) is 4.90 Å². The highest BCUT2D eigenvalue weighted by molar-refractivity contribution is 7.91. The molecule has 1 fully saturated rings. The van der Waals surface area contributed by atoms with Crippen molar-refractivity contribution in [1.82, 2.24) is 9.21 Å². The number of hydrogen-bond donors (Lipinski definition) is 0. The highest BCUT2D eigenvalue weighted by atomic mass is 32.2. The molecule has 0 spiro atoms. The number of hydrogen-bond acceptors (Lipinski definition) is 4. The molecule has 3 rings (SSSR count). The van der Waals surface area contributed by atoms with Crippen LogP contribution in [0.1, 0.15) is 10.4 Å². The number of sulfonamides is 1. The predicted molar refractivity (Wildman–Crippen MR) is 89.5 cm³/mol. The predicted octanol–water partition coefficient (Wildman–Crippen LogP) is 2.70. The molecule has 1 aliphatic heterocycles. The Bertz CT molecular complexity index is 781. The van der Waals surface area contributed by atoms with Gasteiger partial charge in [0, 0.05) is 43.2 Å². The average molecular weight is 354 g/mol. The van der Waals surface area contributed by atoms with E-state index in [2.05, 4.69) is 4.90 Å². The summed E-state index contributed by atoms with van der Waals surface area (Å²) in [5.41, 5.74) is 0.651. The molecule has 0 radical (unpaired) electrons. The van der Waals surface area contributed by atoms with Gasteiger partial charge in [-0.2, -0.15) is 4.31 Å². The Morgan fingerprint density at radius 2 is 1.78 bits per heavy atom. The van der Waals surface area contributed by atoms with Crippen molar-refractivity contribution < 1.29 is 12.8 Å². The summed E-state index contributed by atoms with van der Waals surface area (Å²) < 4.78 is 40.8. The SMILES string of the molecule is Cc1ccc(S(=O)(=O)N2CCN(Cc3ccccc3F)CC2)s1. The van der Waals surface area contributed by atoms with Gasteiger partial charge in [0.2, 0.25) is 0 Å². The Labute approximate surface area is 140 Å². The zero-order chi connectivity index (χ0) is 16.4. The van der Waals surface area contributed by atoms with E-state index in [1.54, 1.807) is 18.2 Å². The first-order chi connectivity index (χ1) is 11.0. The van der Waals surface area contributed by atoms with Gasteiger partial charge in [0.05, 0.1) is 0 Å². The largest absolute Gasteiger partial charge is 0.296 e. The molecule has 23 heavy (non-hydrogen) atoms. The molecule has 2 heterocycles. The van der Waals surface area contributed by atoms with Gasteiger partial charge in [0.15, 0.2) is 0 Å². The van der Waals surface area contributed by atoms with E-state index in [1.807, 2.05) is 19.1 Å². The van der Waals surface area contributed by atoms with Crippen LogP contribution in [0.25, 0.3) is 0 Å². The first-order valence-corrected chi connectivity index (χ1v) is 9.75. The molecular weight excluding hydrogens is 335 g/mol. The highest BCUT2D eigenvalue weighted by Crippen LogP contribution is 2.25. The standard InChI is InChI=1S/C16H19FN2O2S2/c1-13-6-7-16(22-13)23(20,21)19-10-8-18(9-11-19)12-14-4-2-3-5-15(14)17/h2-7H,8-12H2,1H3. The quantitative estimate of drug-likeness (QED) is 0.848. The second kappa shape index (κ2) is 6.68.